The fraction of sp³-hybridized carbons (Fsp3) is 0.615. The number of hydrogen-bond acceptors (Lipinski definition) is 4. The molecule has 0 bridgehead atoms. The van der Waals surface area contributed by atoms with Gasteiger partial charge in [-0.15, -0.1) is 11.3 Å². The van der Waals surface area contributed by atoms with E-state index in [9.17, 15) is 22.8 Å². The second-order valence-electron chi connectivity index (χ2n) is 5.02. The highest BCUT2D eigenvalue weighted by atomic mass is 32.1. The Labute approximate surface area is 129 Å². The summed E-state index contributed by atoms with van der Waals surface area (Å²) in [5.74, 6) is -0.583. The summed E-state index contributed by atoms with van der Waals surface area (Å²) < 4.78 is 37.4. The van der Waals surface area contributed by atoms with Gasteiger partial charge in [0.1, 0.15) is 6.04 Å². The Morgan fingerprint density at radius 2 is 2.23 bits per heavy atom. The summed E-state index contributed by atoms with van der Waals surface area (Å²) in [6.07, 6.45) is -2.27. The van der Waals surface area contributed by atoms with E-state index in [0.29, 0.717) is 43.6 Å². The molecule has 0 aliphatic carbocycles. The first-order chi connectivity index (χ1) is 10.3. The lowest BCUT2D eigenvalue weighted by Gasteiger charge is -2.23. The lowest BCUT2D eigenvalue weighted by atomic mass is 10.2. The van der Waals surface area contributed by atoms with E-state index in [1.807, 2.05) is 6.92 Å². The molecule has 9 heteroatoms. The summed E-state index contributed by atoms with van der Waals surface area (Å²) >= 11 is 0.717. The number of anilines is 1. The second-order valence-corrected chi connectivity index (χ2v) is 5.88. The molecule has 1 N–H and O–H groups in total. The van der Waals surface area contributed by atoms with Crippen LogP contribution in [0, 0.1) is 0 Å². The minimum Gasteiger partial charge on any atom is -0.331 e. The number of thiazole rings is 1. The summed E-state index contributed by atoms with van der Waals surface area (Å²) in [7, 11) is 0. The summed E-state index contributed by atoms with van der Waals surface area (Å²) in [5, 5.41) is 3.12. The molecule has 2 amide bonds. The third-order valence-corrected chi connectivity index (χ3v) is 4.12. The lowest BCUT2D eigenvalue weighted by Crippen LogP contribution is -2.43. The van der Waals surface area contributed by atoms with E-state index in [4.69, 9.17) is 0 Å². The molecule has 1 unspecified atom stereocenters. The van der Waals surface area contributed by atoms with Crippen LogP contribution in [0.15, 0.2) is 5.38 Å². The maximum Gasteiger partial charge on any atom is 0.434 e. The summed E-state index contributed by atoms with van der Waals surface area (Å²) in [6.45, 7) is 2.37. The number of hydrogen-bond donors (Lipinski definition) is 1. The zero-order chi connectivity index (χ0) is 16.3. The van der Waals surface area contributed by atoms with Crippen LogP contribution >= 0.6 is 11.3 Å². The molecule has 0 spiro atoms. The van der Waals surface area contributed by atoms with Gasteiger partial charge in [0.25, 0.3) is 0 Å². The summed E-state index contributed by atoms with van der Waals surface area (Å²) in [6, 6.07) is -0.628. The molecule has 1 atom stereocenters. The SMILES string of the molecule is CCCC(=O)N1CCCC1C(=O)Nc1nc(C(F)(F)F)cs1. The maximum absolute atomic E-state index is 12.5. The van der Waals surface area contributed by atoms with Gasteiger partial charge in [0.05, 0.1) is 0 Å². The molecule has 22 heavy (non-hydrogen) atoms. The van der Waals surface area contributed by atoms with Crippen LogP contribution in [0.3, 0.4) is 0 Å². The van der Waals surface area contributed by atoms with Gasteiger partial charge in [-0.3, -0.25) is 9.59 Å². The maximum atomic E-state index is 12.5. The molecule has 1 aliphatic heterocycles. The second kappa shape index (κ2) is 6.64. The molecule has 0 aromatic carbocycles. The van der Waals surface area contributed by atoms with Crippen molar-refractivity contribution in [3.63, 3.8) is 0 Å². The van der Waals surface area contributed by atoms with Crippen LogP contribution < -0.4 is 5.32 Å². The smallest absolute Gasteiger partial charge is 0.331 e. The molecular formula is C13H16F3N3O2S. The number of nitrogens with zero attached hydrogens (tertiary/aromatic N) is 2. The van der Waals surface area contributed by atoms with Gasteiger partial charge in [0.2, 0.25) is 11.8 Å². The van der Waals surface area contributed by atoms with Crippen molar-refractivity contribution in [1.29, 1.82) is 0 Å². The lowest BCUT2D eigenvalue weighted by molar-refractivity contribution is -0.140. The fourth-order valence-electron chi connectivity index (χ4n) is 2.35. The summed E-state index contributed by atoms with van der Waals surface area (Å²) in [4.78, 5) is 29.0. The minimum absolute atomic E-state index is 0.102. The molecular weight excluding hydrogens is 319 g/mol. The van der Waals surface area contributed by atoms with Crippen molar-refractivity contribution < 1.29 is 22.8 Å². The van der Waals surface area contributed by atoms with Crippen molar-refractivity contribution in [2.24, 2.45) is 0 Å². The highest BCUT2D eigenvalue weighted by Crippen LogP contribution is 2.32. The fourth-order valence-corrected chi connectivity index (χ4v) is 3.07. The van der Waals surface area contributed by atoms with Crippen LogP contribution in [0.2, 0.25) is 0 Å². The quantitative estimate of drug-likeness (QED) is 0.920. The van der Waals surface area contributed by atoms with Gasteiger partial charge in [-0.1, -0.05) is 6.92 Å². The molecule has 1 aromatic rings. The first-order valence-electron chi connectivity index (χ1n) is 6.96. The number of aromatic nitrogens is 1. The van der Waals surface area contributed by atoms with Crippen LogP contribution in [0.5, 0.6) is 0 Å². The van der Waals surface area contributed by atoms with E-state index >= 15 is 0 Å². The Bertz CT molecular complexity index is 559. The Kier molecular flexibility index (Phi) is 5.05. The number of carbonyl (C=O) groups excluding carboxylic acids is 2. The zero-order valence-electron chi connectivity index (χ0n) is 11.9. The topological polar surface area (TPSA) is 62.3 Å². The van der Waals surface area contributed by atoms with Gasteiger partial charge in [0.15, 0.2) is 10.8 Å². The first-order valence-corrected chi connectivity index (χ1v) is 7.84. The van der Waals surface area contributed by atoms with E-state index in [-0.39, 0.29) is 11.0 Å². The highest BCUT2D eigenvalue weighted by Gasteiger charge is 2.36. The number of halogens is 3. The minimum atomic E-state index is -4.53. The normalized spacial score (nSPS) is 18.5. The van der Waals surface area contributed by atoms with Crippen LogP contribution in [-0.4, -0.2) is 34.3 Å². The number of alkyl halides is 3. The Balaban J connectivity index is 2.02. The Morgan fingerprint density at radius 1 is 1.50 bits per heavy atom. The van der Waals surface area contributed by atoms with Crippen LogP contribution in [0.25, 0.3) is 0 Å². The predicted octanol–water partition coefficient (Wildman–Crippen LogP) is 2.89. The van der Waals surface area contributed by atoms with Crippen molar-refractivity contribution in [2.45, 2.75) is 44.8 Å². The van der Waals surface area contributed by atoms with E-state index in [0.717, 1.165) is 5.38 Å². The van der Waals surface area contributed by atoms with Gasteiger partial charge in [-0.2, -0.15) is 13.2 Å². The van der Waals surface area contributed by atoms with Gasteiger partial charge in [0, 0.05) is 18.3 Å². The van der Waals surface area contributed by atoms with Crippen molar-refractivity contribution in [3.8, 4) is 0 Å². The Hall–Kier alpha value is -1.64. The van der Waals surface area contributed by atoms with E-state index in [2.05, 4.69) is 10.3 Å². The van der Waals surface area contributed by atoms with Gasteiger partial charge in [-0.25, -0.2) is 4.98 Å². The number of nitrogens with one attached hydrogen (secondary N) is 1. The molecule has 1 aliphatic rings. The largest absolute Gasteiger partial charge is 0.434 e. The molecule has 1 saturated heterocycles. The zero-order valence-corrected chi connectivity index (χ0v) is 12.8. The van der Waals surface area contributed by atoms with Crippen molar-refractivity contribution in [1.82, 2.24) is 9.88 Å². The van der Waals surface area contributed by atoms with Crippen molar-refractivity contribution in [2.75, 3.05) is 11.9 Å². The number of carbonyl (C=O) groups is 2. The molecule has 0 saturated carbocycles. The monoisotopic (exact) mass is 335 g/mol. The van der Waals surface area contributed by atoms with Crippen LogP contribution in [0.4, 0.5) is 18.3 Å². The first kappa shape index (κ1) is 16.7. The number of likely N-dealkylation sites (tertiary alicyclic amines) is 1. The highest BCUT2D eigenvalue weighted by molar-refractivity contribution is 7.13. The van der Waals surface area contributed by atoms with Gasteiger partial charge < -0.3 is 10.2 Å². The molecule has 122 valence electrons. The van der Waals surface area contributed by atoms with E-state index < -0.39 is 23.8 Å². The third kappa shape index (κ3) is 3.76. The van der Waals surface area contributed by atoms with Gasteiger partial charge >= 0.3 is 6.18 Å². The van der Waals surface area contributed by atoms with E-state index in [1.54, 1.807) is 0 Å². The Morgan fingerprint density at radius 3 is 2.82 bits per heavy atom. The molecule has 2 rings (SSSR count). The van der Waals surface area contributed by atoms with Crippen molar-refractivity contribution >= 4 is 28.3 Å². The third-order valence-electron chi connectivity index (χ3n) is 3.36. The molecule has 1 fully saturated rings. The van der Waals surface area contributed by atoms with Gasteiger partial charge in [-0.05, 0) is 19.3 Å². The summed E-state index contributed by atoms with van der Waals surface area (Å²) in [5.41, 5.74) is -1.03. The van der Waals surface area contributed by atoms with Crippen molar-refractivity contribution in [3.05, 3.63) is 11.1 Å². The molecule has 2 heterocycles. The number of rotatable bonds is 4. The number of amides is 2. The van der Waals surface area contributed by atoms with E-state index in [1.165, 1.54) is 4.90 Å². The molecule has 1 aromatic heterocycles. The molecule has 0 radical (unpaired) electrons. The standard InChI is InChI=1S/C13H16F3N3O2S/c1-2-4-10(20)19-6-3-5-8(19)11(21)18-12-17-9(7-22-12)13(14,15)16/h7-8H,2-6H2,1H3,(H,17,18,21). The van der Waals surface area contributed by atoms with Crippen LogP contribution in [-0.2, 0) is 15.8 Å². The average Bonchev–Trinajstić information content (AvgIpc) is 3.06. The van der Waals surface area contributed by atoms with Crippen LogP contribution in [0.1, 0.15) is 38.3 Å². The molecule has 5 nitrogen and oxygen atoms in total. The average molecular weight is 335 g/mol. The predicted molar refractivity (Wildman–Crippen MR) is 75.4 cm³/mol.